The number of benzene rings is 2. The molecule has 0 radical (unpaired) electrons. The Morgan fingerprint density at radius 1 is 0.708 bits per heavy atom. The number of alkyl halides is 1. The molecule has 2 rings (SSSR count). The molecule has 0 atom stereocenters. The molecule has 0 amide bonds. The summed E-state index contributed by atoms with van der Waals surface area (Å²) in [7, 11) is 0. The highest BCUT2D eigenvalue weighted by Crippen LogP contribution is 2.33. The number of ether oxygens (including phenoxy) is 2. The van der Waals surface area contributed by atoms with Crippen molar-refractivity contribution in [3.05, 3.63) is 36.4 Å². The van der Waals surface area contributed by atoms with Crippen molar-refractivity contribution in [1.82, 2.24) is 0 Å². The van der Waals surface area contributed by atoms with E-state index in [1.165, 1.54) is 25.7 Å². The van der Waals surface area contributed by atoms with Crippen molar-refractivity contribution < 1.29 is 9.47 Å². The molecule has 0 saturated heterocycles. The minimum atomic E-state index is 0.753. The van der Waals surface area contributed by atoms with Gasteiger partial charge in [-0.15, -0.1) is 11.6 Å². The maximum absolute atomic E-state index is 6.01. The van der Waals surface area contributed by atoms with E-state index in [0.717, 1.165) is 60.6 Å². The van der Waals surface area contributed by atoms with E-state index in [1.807, 2.05) is 12.1 Å². The van der Waals surface area contributed by atoms with Gasteiger partial charge in [-0.05, 0) is 31.4 Å². The predicted molar refractivity (Wildman–Crippen MR) is 104 cm³/mol. The van der Waals surface area contributed by atoms with Crippen molar-refractivity contribution in [2.45, 2.75) is 51.9 Å². The van der Waals surface area contributed by atoms with E-state index in [0.29, 0.717) is 0 Å². The molecule has 0 aromatic heterocycles. The van der Waals surface area contributed by atoms with Crippen molar-refractivity contribution in [3.63, 3.8) is 0 Å². The maximum Gasteiger partial charge on any atom is 0.127 e. The molecule has 132 valence electrons. The van der Waals surface area contributed by atoms with Gasteiger partial charge in [-0.25, -0.2) is 0 Å². The lowest BCUT2D eigenvalue weighted by atomic mass is 10.1. The van der Waals surface area contributed by atoms with Crippen LogP contribution in [-0.2, 0) is 0 Å². The number of hydrogen-bond acceptors (Lipinski definition) is 2. The Balaban J connectivity index is 1.96. The quantitative estimate of drug-likeness (QED) is 0.318. The number of fused-ring (bicyclic) bond motifs is 1. The van der Waals surface area contributed by atoms with E-state index >= 15 is 0 Å². The highest BCUT2D eigenvalue weighted by Gasteiger charge is 2.07. The SMILES string of the molecule is CCCCCOc1ccc(OCCCCCCCl)c2ccccc12. The van der Waals surface area contributed by atoms with Crippen LogP contribution in [0.3, 0.4) is 0 Å². The van der Waals surface area contributed by atoms with Crippen molar-refractivity contribution in [2.75, 3.05) is 19.1 Å². The fraction of sp³-hybridized carbons (Fsp3) is 0.524. The average molecular weight is 349 g/mol. The van der Waals surface area contributed by atoms with Crippen LogP contribution in [0.2, 0.25) is 0 Å². The van der Waals surface area contributed by atoms with E-state index in [-0.39, 0.29) is 0 Å². The zero-order chi connectivity index (χ0) is 17.0. The lowest BCUT2D eigenvalue weighted by Gasteiger charge is -2.13. The molecule has 0 heterocycles. The number of halogens is 1. The van der Waals surface area contributed by atoms with Crippen LogP contribution in [0, 0.1) is 0 Å². The van der Waals surface area contributed by atoms with Crippen molar-refractivity contribution >= 4 is 22.4 Å². The maximum atomic E-state index is 6.01. The average Bonchev–Trinajstić information content (AvgIpc) is 2.62. The van der Waals surface area contributed by atoms with E-state index in [9.17, 15) is 0 Å². The third-order valence-electron chi connectivity index (χ3n) is 4.14. The normalized spacial score (nSPS) is 10.9. The summed E-state index contributed by atoms with van der Waals surface area (Å²) in [6.45, 7) is 3.73. The fourth-order valence-corrected chi connectivity index (χ4v) is 2.95. The summed E-state index contributed by atoms with van der Waals surface area (Å²) >= 11 is 5.70. The van der Waals surface area contributed by atoms with Gasteiger partial charge >= 0.3 is 0 Å². The first-order valence-electron chi connectivity index (χ1n) is 9.20. The Bertz CT molecular complexity index is 597. The molecule has 0 saturated carbocycles. The van der Waals surface area contributed by atoms with Crippen LogP contribution < -0.4 is 9.47 Å². The van der Waals surface area contributed by atoms with Crippen LogP contribution in [0.1, 0.15) is 51.9 Å². The molecular formula is C21H29ClO2. The van der Waals surface area contributed by atoms with Crippen molar-refractivity contribution in [3.8, 4) is 11.5 Å². The second kappa shape index (κ2) is 11.2. The highest BCUT2D eigenvalue weighted by molar-refractivity contribution is 6.17. The fourth-order valence-electron chi connectivity index (χ4n) is 2.76. The van der Waals surface area contributed by atoms with Gasteiger partial charge in [-0.3, -0.25) is 0 Å². The number of hydrogen-bond donors (Lipinski definition) is 0. The first-order valence-corrected chi connectivity index (χ1v) is 9.73. The summed E-state index contributed by atoms with van der Waals surface area (Å²) in [5, 5.41) is 2.26. The minimum Gasteiger partial charge on any atom is -0.493 e. The summed E-state index contributed by atoms with van der Waals surface area (Å²) in [6, 6.07) is 12.4. The van der Waals surface area contributed by atoms with Crippen molar-refractivity contribution in [1.29, 1.82) is 0 Å². The smallest absolute Gasteiger partial charge is 0.127 e. The number of rotatable bonds is 12. The molecule has 0 unspecified atom stereocenters. The van der Waals surface area contributed by atoms with Gasteiger partial charge in [0.25, 0.3) is 0 Å². The van der Waals surface area contributed by atoms with Crippen LogP contribution in [0.15, 0.2) is 36.4 Å². The Hall–Kier alpha value is -1.41. The minimum absolute atomic E-state index is 0.753. The second-order valence-electron chi connectivity index (χ2n) is 6.11. The van der Waals surface area contributed by atoms with Crippen LogP contribution in [0.25, 0.3) is 10.8 Å². The van der Waals surface area contributed by atoms with Gasteiger partial charge in [0.2, 0.25) is 0 Å². The van der Waals surface area contributed by atoms with E-state index < -0.39 is 0 Å². The Kier molecular flexibility index (Phi) is 8.83. The molecular weight excluding hydrogens is 320 g/mol. The van der Waals surface area contributed by atoms with E-state index in [1.54, 1.807) is 0 Å². The molecule has 3 heteroatoms. The lowest BCUT2D eigenvalue weighted by Crippen LogP contribution is -2.00. The van der Waals surface area contributed by atoms with Crippen LogP contribution >= 0.6 is 11.6 Å². The molecule has 24 heavy (non-hydrogen) atoms. The summed E-state index contributed by atoms with van der Waals surface area (Å²) in [5.41, 5.74) is 0. The molecule has 0 bridgehead atoms. The molecule has 2 aromatic carbocycles. The van der Waals surface area contributed by atoms with Crippen LogP contribution in [0.4, 0.5) is 0 Å². The van der Waals surface area contributed by atoms with Crippen molar-refractivity contribution in [2.24, 2.45) is 0 Å². The largest absolute Gasteiger partial charge is 0.493 e. The summed E-state index contributed by atoms with van der Waals surface area (Å²) in [4.78, 5) is 0. The van der Waals surface area contributed by atoms with Gasteiger partial charge < -0.3 is 9.47 Å². The van der Waals surface area contributed by atoms with Gasteiger partial charge in [-0.1, -0.05) is 56.9 Å². The van der Waals surface area contributed by atoms with Gasteiger partial charge in [0.15, 0.2) is 0 Å². The van der Waals surface area contributed by atoms with E-state index in [4.69, 9.17) is 21.1 Å². The van der Waals surface area contributed by atoms with Gasteiger partial charge in [-0.2, -0.15) is 0 Å². The molecule has 0 spiro atoms. The molecule has 0 aliphatic carbocycles. The Labute approximate surface area is 151 Å². The zero-order valence-electron chi connectivity index (χ0n) is 14.7. The topological polar surface area (TPSA) is 18.5 Å². The van der Waals surface area contributed by atoms with E-state index in [2.05, 4.69) is 31.2 Å². The summed E-state index contributed by atoms with van der Waals surface area (Å²) in [6.07, 6.45) is 8.03. The van der Waals surface area contributed by atoms with Crippen LogP contribution in [0.5, 0.6) is 11.5 Å². The van der Waals surface area contributed by atoms with Gasteiger partial charge in [0.1, 0.15) is 11.5 Å². The molecule has 2 nitrogen and oxygen atoms in total. The molecule has 0 N–H and O–H groups in total. The highest BCUT2D eigenvalue weighted by atomic mass is 35.5. The standard InChI is InChI=1S/C21H29ClO2/c1-2-3-9-16-23-20-13-14-21(19-12-7-6-11-18(19)20)24-17-10-5-4-8-15-22/h6-7,11-14H,2-5,8-10,15-17H2,1H3. The van der Waals surface area contributed by atoms with Gasteiger partial charge in [0, 0.05) is 16.7 Å². The monoisotopic (exact) mass is 348 g/mol. The third kappa shape index (κ3) is 5.90. The Morgan fingerprint density at radius 2 is 1.25 bits per heavy atom. The second-order valence-corrected chi connectivity index (χ2v) is 6.49. The number of unbranched alkanes of at least 4 members (excludes halogenated alkanes) is 5. The molecule has 0 fully saturated rings. The van der Waals surface area contributed by atoms with Crippen LogP contribution in [-0.4, -0.2) is 19.1 Å². The molecule has 0 aliphatic heterocycles. The molecule has 2 aromatic rings. The third-order valence-corrected chi connectivity index (χ3v) is 4.40. The zero-order valence-corrected chi connectivity index (χ0v) is 15.5. The Morgan fingerprint density at radius 3 is 1.79 bits per heavy atom. The van der Waals surface area contributed by atoms with Gasteiger partial charge in [0.05, 0.1) is 13.2 Å². The first-order chi connectivity index (χ1) is 11.9. The lowest BCUT2D eigenvalue weighted by molar-refractivity contribution is 0.302. The molecule has 0 aliphatic rings. The summed E-state index contributed by atoms with van der Waals surface area (Å²) in [5.74, 6) is 2.66. The first kappa shape index (κ1) is 18.9. The predicted octanol–water partition coefficient (Wildman–Crippen LogP) is 6.59. The summed E-state index contributed by atoms with van der Waals surface area (Å²) < 4.78 is 12.0.